The average molecular weight is 392 g/mol. The van der Waals surface area contributed by atoms with Gasteiger partial charge in [-0.2, -0.15) is 0 Å². The van der Waals surface area contributed by atoms with Crippen LogP contribution in [0, 0.1) is 0 Å². The van der Waals surface area contributed by atoms with Crippen LogP contribution >= 0.6 is 0 Å². The van der Waals surface area contributed by atoms with E-state index in [1.807, 2.05) is 0 Å². The first-order valence-corrected chi connectivity index (χ1v) is 8.92. The third-order valence-electron chi connectivity index (χ3n) is 3.84. The molecule has 0 aromatic rings. The Morgan fingerprint density at radius 1 is 1.18 bits per heavy atom. The SMILES string of the molecule is C=CC[C@@]1(CNC(=O)OC(C)(C)C)C(=O)CCCN1C(=O)OC(C)(C)C.[Li+].[OH-]. The maximum atomic E-state index is 12.8. The minimum Gasteiger partial charge on any atom is -0.870 e. The summed E-state index contributed by atoms with van der Waals surface area (Å²) in [5.41, 5.74) is -2.55. The average Bonchev–Trinajstić information content (AvgIpc) is 2.44. The standard InChI is InChI=1S/C19H32N2O5.Li.H2O/c1-8-11-19(13-20-15(23)25-17(2,3)4)14(22)10-9-12-21(19)16(24)26-18(5,6)7;;/h8H,1,9-13H2,2-7H3,(H,20,23);;1H2/q;+1;/p-1/t19-;;/m1../s1. The second-order valence-corrected chi connectivity index (χ2v) is 8.54. The third kappa shape index (κ3) is 8.25. The van der Waals surface area contributed by atoms with Gasteiger partial charge < -0.3 is 20.3 Å². The molecule has 0 aliphatic carbocycles. The Balaban J connectivity index is 0. The van der Waals surface area contributed by atoms with Gasteiger partial charge in [0.25, 0.3) is 0 Å². The van der Waals surface area contributed by atoms with Crippen LogP contribution in [0.15, 0.2) is 12.7 Å². The van der Waals surface area contributed by atoms with Crippen molar-refractivity contribution < 1.29 is 48.2 Å². The molecule has 0 aromatic carbocycles. The normalized spacial score (nSPS) is 19.6. The molecule has 2 N–H and O–H groups in total. The van der Waals surface area contributed by atoms with Gasteiger partial charge in [-0.1, -0.05) is 6.08 Å². The summed E-state index contributed by atoms with van der Waals surface area (Å²) in [5, 5.41) is 2.63. The molecule has 1 fully saturated rings. The first-order valence-electron chi connectivity index (χ1n) is 8.92. The largest absolute Gasteiger partial charge is 1.00 e. The number of carbonyl (C=O) groups is 3. The molecule has 0 radical (unpaired) electrons. The number of nitrogens with zero attached hydrogens (tertiary/aromatic N) is 1. The van der Waals surface area contributed by atoms with Gasteiger partial charge in [-0.25, -0.2) is 9.59 Å². The number of hydrogen-bond acceptors (Lipinski definition) is 6. The predicted molar refractivity (Wildman–Crippen MR) is 101 cm³/mol. The van der Waals surface area contributed by atoms with Crippen molar-refractivity contribution in [3.05, 3.63) is 12.7 Å². The molecule has 1 aliphatic heterocycles. The Hall–Kier alpha value is -1.49. The van der Waals surface area contributed by atoms with Gasteiger partial charge in [0.1, 0.15) is 16.7 Å². The van der Waals surface area contributed by atoms with Crippen LogP contribution in [0.25, 0.3) is 0 Å². The van der Waals surface area contributed by atoms with Crippen molar-refractivity contribution in [1.82, 2.24) is 10.2 Å². The number of likely N-dealkylation sites (tertiary alicyclic amines) is 1. The van der Waals surface area contributed by atoms with Crippen molar-refractivity contribution in [2.24, 2.45) is 0 Å². The molecule has 0 bridgehead atoms. The molecule has 1 rings (SSSR count). The number of alkyl carbamates (subject to hydrolysis) is 1. The monoisotopic (exact) mass is 392 g/mol. The number of rotatable bonds is 4. The second-order valence-electron chi connectivity index (χ2n) is 8.54. The number of amides is 2. The van der Waals surface area contributed by atoms with Gasteiger partial charge in [0, 0.05) is 13.0 Å². The Bertz CT molecular complexity index is 568. The third-order valence-corrected chi connectivity index (χ3v) is 3.84. The first-order chi connectivity index (χ1) is 11.8. The molecule has 1 heterocycles. The van der Waals surface area contributed by atoms with E-state index in [9.17, 15) is 14.4 Å². The van der Waals surface area contributed by atoms with E-state index in [1.165, 1.54) is 4.90 Å². The zero-order valence-corrected chi connectivity index (χ0v) is 18.3. The van der Waals surface area contributed by atoms with Crippen molar-refractivity contribution in [1.29, 1.82) is 0 Å². The maximum Gasteiger partial charge on any atom is 1.00 e. The predicted octanol–water partition coefficient (Wildman–Crippen LogP) is 0.253. The van der Waals surface area contributed by atoms with Gasteiger partial charge in [-0.05, 0) is 54.4 Å². The molecule has 1 aliphatic rings. The number of ketones is 1. The molecule has 1 saturated heterocycles. The maximum absolute atomic E-state index is 12.8. The van der Waals surface area contributed by atoms with Gasteiger partial charge in [-0.3, -0.25) is 9.69 Å². The fraction of sp³-hybridized carbons (Fsp3) is 0.737. The molecule has 9 heteroatoms. The molecule has 0 unspecified atom stereocenters. The van der Waals surface area contributed by atoms with E-state index in [0.717, 1.165) is 0 Å². The molecule has 0 aromatic heterocycles. The molecule has 156 valence electrons. The van der Waals surface area contributed by atoms with Crippen molar-refractivity contribution in [3.63, 3.8) is 0 Å². The van der Waals surface area contributed by atoms with Crippen LogP contribution in [0.4, 0.5) is 9.59 Å². The first kappa shape index (κ1) is 28.7. The van der Waals surface area contributed by atoms with Crippen LogP contribution in [0.1, 0.15) is 60.8 Å². The van der Waals surface area contributed by atoms with Gasteiger partial charge in [-0.15, -0.1) is 6.58 Å². The van der Waals surface area contributed by atoms with Gasteiger partial charge in [0.2, 0.25) is 0 Å². The van der Waals surface area contributed by atoms with Crippen molar-refractivity contribution in [2.75, 3.05) is 13.1 Å². The molecular formula is C19H33LiN2O6. The number of Topliss-reactive ketones (excluding diaryl/α,β-unsaturated/α-hetero) is 1. The summed E-state index contributed by atoms with van der Waals surface area (Å²) < 4.78 is 10.7. The van der Waals surface area contributed by atoms with Gasteiger partial charge in [0.15, 0.2) is 5.78 Å². The van der Waals surface area contributed by atoms with E-state index in [1.54, 1.807) is 47.6 Å². The summed E-state index contributed by atoms with van der Waals surface area (Å²) in [6, 6.07) is 0. The topological polar surface area (TPSA) is 115 Å². The molecule has 0 spiro atoms. The Morgan fingerprint density at radius 2 is 1.71 bits per heavy atom. The van der Waals surface area contributed by atoms with Crippen LogP contribution in [-0.2, 0) is 14.3 Å². The minimum absolute atomic E-state index is 0. The summed E-state index contributed by atoms with van der Waals surface area (Å²) >= 11 is 0. The van der Waals surface area contributed by atoms with Crippen LogP contribution in [-0.4, -0.2) is 58.2 Å². The van der Waals surface area contributed by atoms with Crippen molar-refractivity contribution >= 4 is 18.0 Å². The number of ether oxygens (including phenoxy) is 2. The van der Waals surface area contributed by atoms with Gasteiger partial charge >= 0.3 is 31.0 Å². The van der Waals surface area contributed by atoms with E-state index in [0.29, 0.717) is 19.4 Å². The molecule has 8 nitrogen and oxygen atoms in total. The molecule has 2 amide bonds. The fourth-order valence-electron chi connectivity index (χ4n) is 2.84. The van der Waals surface area contributed by atoms with Crippen LogP contribution in [0.3, 0.4) is 0 Å². The zero-order chi connectivity index (χ0) is 20.2. The summed E-state index contributed by atoms with van der Waals surface area (Å²) in [6.45, 7) is 14.6. The number of piperidine rings is 1. The summed E-state index contributed by atoms with van der Waals surface area (Å²) in [5.74, 6) is -0.120. The quantitative estimate of drug-likeness (QED) is 0.542. The molecular weight excluding hydrogens is 359 g/mol. The zero-order valence-electron chi connectivity index (χ0n) is 18.3. The smallest absolute Gasteiger partial charge is 0.870 e. The Kier molecular flexibility index (Phi) is 11.2. The fourth-order valence-corrected chi connectivity index (χ4v) is 2.84. The Morgan fingerprint density at radius 3 is 2.18 bits per heavy atom. The molecule has 0 saturated carbocycles. The summed E-state index contributed by atoms with van der Waals surface area (Å²) in [6.07, 6.45) is 1.49. The number of carbonyl (C=O) groups excluding carboxylic acids is 3. The van der Waals surface area contributed by atoms with Crippen LogP contribution in [0.2, 0.25) is 0 Å². The number of nitrogens with one attached hydrogen (secondary N) is 1. The molecule has 1 atom stereocenters. The summed E-state index contributed by atoms with van der Waals surface area (Å²) in [7, 11) is 0. The van der Waals surface area contributed by atoms with Gasteiger partial charge in [0.05, 0.1) is 6.54 Å². The van der Waals surface area contributed by atoms with E-state index in [-0.39, 0.29) is 43.1 Å². The minimum atomic E-state index is -1.21. The van der Waals surface area contributed by atoms with E-state index < -0.39 is 28.9 Å². The second kappa shape index (κ2) is 10.9. The summed E-state index contributed by atoms with van der Waals surface area (Å²) in [4.78, 5) is 39.0. The van der Waals surface area contributed by atoms with E-state index in [2.05, 4.69) is 11.9 Å². The van der Waals surface area contributed by atoms with Crippen molar-refractivity contribution in [2.45, 2.75) is 77.5 Å². The van der Waals surface area contributed by atoms with Crippen LogP contribution in [0.5, 0.6) is 0 Å². The molecule has 28 heavy (non-hydrogen) atoms. The van der Waals surface area contributed by atoms with E-state index >= 15 is 0 Å². The van der Waals surface area contributed by atoms with Crippen molar-refractivity contribution in [3.8, 4) is 0 Å². The van der Waals surface area contributed by atoms with E-state index in [4.69, 9.17) is 9.47 Å². The Labute approximate surface area is 179 Å². The van der Waals surface area contributed by atoms with Crippen LogP contribution < -0.4 is 24.2 Å². The number of hydrogen-bond donors (Lipinski definition) is 1.